The third-order valence-corrected chi connectivity index (χ3v) is 4.94. The van der Waals surface area contributed by atoms with Crippen molar-refractivity contribution >= 4 is 23.5 Å². The molecule has 0 bridgehead atoms. The van der Waals surface area contributed by atoms with Crippen LogP contribution in [-0.4, -0.2) is 21.7 Å². The highest BCUT2D eigenvalue weighted by atomic mass is 35.5. The standard InChI is InChI=1S/C21H20ClN3O3/c1-12-4-7-16(10-19(12)22)25-14(3)18(13(2)24-25)11-20(26)28-17-8-5-15(6-9-17)21(23)27/h4-10H,11H2,1-3H3,(H2,23,27). The summed E-state index contributed by atoms with van der Waals surface area (Å²) in [5.41, 5.74) is 9.76. The quantitative estimate of drug-likeness (QED) is 0.525. The Morgan fingerprint density at radius 2 is 1.79 bits per heavy atom. The highest BCUT2D eigenvalue weighted by molar-refractivity contribution is 6.31. The maximum Gasteiger partial charge on any atom is 0.315 e. The Hall–Kier alpha value is -3.12. The first-order chi connectivity index (χ1) is 13.3. The van der Waals surface area contributed by atoms with Gasteiger partial charge in [-0.1, -0.05) is 17.7 Å². The van der Waals surface area contributed by atoms with Crippen molar-refractivity contribution in [3.8, 4) is 11.4 Å². The Morgan fingerprint density at radius 3 is 2.39 bits per heavy atom. The lowest BCUT2D eigenvalue weighted by Crippen LogP contribution is -2.13. The van der Waals surface area contributed by atoms with E-state index in [-0.39, 0.29) is 6.42 Å². The molecule has 0 aliphatic carbocycles. The number of nitrogens with zero attached hydrogens (tertiary/aromatic N) is 2. The first kappa shape index (κ1) is 19.6. The van der Waals surface area contributed by atoms with Gasteiger partial charge in [0.25, 0.3) is 0 Å². The first-order valence-electron chi connectivity index (χ1n) is 8.68. The summed E-state index contributed by atoms with van der Waals surface area (Å²) in [6, 6.07) is 11.8. The summed E-state index contributed by atoms with van der Waals surface area (Å²) in [6.07, 6.45) is 0.0782. The molecular formula is C21H20ClN3O3. The predicted octanol–water partition coefficient (Wildman–Crippen LogP) is 3.70. The minimum atomic E-state index is -0.534. The number of carbonyl (C=O) groups is 2. The van der Waals surface area contributed by atoms with Crippen molar-refractivity contribution in [3.63, 3.8) is 0 Å². The molecule has 0 saturated carbocycles. The Bertz CT molecular complexity index is 1060. The molecule has 6 nitrogen and oxygen atoms in total. The van der Waals surface area contributed by atoms with Crippen LogP contribution in [0.4, 0.5) is 0 Å². The summed E-state index contributed by atoms with van der Waals surface area (Å²) < 4.78 is 7.13. The molecular weight excluding hydrogens is 378 g/mol. The molecule has 1 amide bonds. The predicted molar refractivity (Wildman–Crippen MR) is 107 cm³/mol. The van der Waals surface area contributed by atoms with E-state index in [1.807, 2.05) is 39.0 Å². The van der Waals surface area contributed by atoms with Gasteiger partial charge in [-0.2, -0.15) is 5.10 Å². The zero-order valence-electron chi connectivity index (χ0n) is 15.8. The van der Waals surface area contributed by atoms with Gasteiger partial charge < -0.3 is 10.5 Å². The highest BCUT2D eigenvalue weighted by Crippen LogP contribution is 2.23. The molecule has 0 radical (unpaired) electrons. The Labute approximate surface area is 167 Å². The van der Waals surface area contributed by atoms with Gasteiger partial charge >= 0.3 is 5.97 Å². The van der Waals surface area contributed by atoms with E-state index in [2.05, 4.69) is 5.10 Å². The summed E-state index contributed by atoms with van der Waals surface area (Å²) in [7, 11) is 0. The van der Waals surface area contributed by atoms with Crippen LogP contribution in [0.25, 0.3) is 5.69 Å². The lowest BCUT2D eigenvalue weighted by atomic mass is 10.1. The number of hydrogen-bond acceptors (Lipinski definition) is 4. The van der Waals surface area contributed by atoms with Gasteiger partial charge in [0.05, 0.1) is 17.8 Å². The van der Waals surface area contributed by atoms with Gasteiger partial charge in [-0.15, -0.1) is 0 Å². The van der Waals surface area contributed by atoms with E-state index in [9.17, 15) is 9.59 Å². The highest BCUT2D eigenvalue weighted by Gasteiger charge is 2.17. The summed E-state index contributed by atoms with van der Waals surface area (Å²) in [4.78, 5) is 23.5. The van der Waals surface area contributed by atoms with Gasteiger partial charge in [0.2, 0.25) is 5.91 Å². The van der Waals surface area contributed by atoms with Crippen molar-refractivity contribution in [1.29, 1.82) is 0 Å². The van der Waals surface area contributed by atoms with Gasteiger partial charge in [0, 0.05) is 21.8 Å². The molecule has 3 aromatic rings. The van der Waals surface area contributed by atoms with Gasteiger partial charge in [-0.05, 0) is 62.7 Å². The number of benzene rings is 2. The molecule has 0 atom stereocenters. The number of primary amides is 1. The molecule has 0 aliphatic rings. The number of nitrogens with two attached hydrogens (primary N) is 1. The molecule has 144 valence electrons. The molecule has 2 aromatic carbocycles. The monoisotopic (exact) mass is 397 g/mol. The summed E-state index contributed by atoms with van der Waals surface area (Å²) in [6.45, 7) is 5.69. The van der Waals surface area contributed by atoms with E-state index in [1.165, 1.54) is 24.3 Å². The lowest BCUT2D eigenvalue weighted by Gasteiger charge is -2.08. The van der Waals surface area contributed by atoms with Crippen LogP contribution in [0.2, 0.25) is 5.02 Å². The number of rotatable bonds is 5. The van der Waals surface area contributed by atoms with Crippen LogP contribution in [0, 0.1) is 20.8 Å². The van der Waals surface area contributed by atoms with E-state index < -0.39 is 11.9 Å². The molecule has 0 saturated heterocycles. The lowest BCUT2D eigenvalue weighted by molar-refractivity contribution is -0.133. The fourth-order valence-corrected chi connectivity index (χ4v) is 3.07. The average Bonchev–Trinajstić information content (AvgIpc) is 2.92. The molecule has 28 heavy (non-hydrogen) atoms. The fraction of sp³-hybridized carbons (Fsp3) is 0.190. The van der Waals surface area contributed by atoms with Crippen molar-refractivity contribution in [2.24, 2.45) is 5.73 Å². The molecule has 7 heteroatoms. The summed E-state index contributed by atoms with van der Waals surface area (Å²) in [5.74, 6) is -0.602. The van der Waals surface area contributed by atoms with E-state index in [0.29, 0.717) is 16.3 Å². The van der Waals surface area contributed by atoms with Crippen molar-refractivity contribution in [3.05, 3.63) is 75.6 Å². The summed E-state index contributed by atoms with van der Waals surface area (Å²) >= 11 is 6.22. The molecule has 0 spiro atoms. The van der Waals surface area contributed by atoms with Crippen LogP contribution in [0.5, 0.6) is 5.75 Å². The molecule has 3 rings (SSSR count). The number of hydrogen-bond donors (Lipinski definition) is 1. The molecule has 0 fully saturated rings. The topological polar surface area (TPSA) is 87.2 Å². The molecule has 0 aliphatic heterocycles. The minimum absolute atomic E-state index is 0.0782. The van der Waals surface area contributed by atoms with E-state index in [1.54, 1.807) is 4.68 Å². The van der Waals surface area contributed by atoms with Crippen molar-refractivity contribution < 1.29 is 14.3 Å². The molecule has 1 aromatic heterocycles. The number of esters is 1. The van der Waals surface area contributed by atoms with E-state index in [0.717, 1.165) is 28.2 Å². The largest absolute Gasteiger partial charge is 0.426 e. The number of carbonyl (C=O) groups excluding carboxylic acids is 2. The van der Waals surface area contributed by atoms with Gasteiger partial charge in [0.1, 0.15) is 5.75 Å². The second kappa shape index (κ2) is 7.86. The smallest absolute Gasteiger partial charge is 0.315 e. The zero-order chi connectivity index (χ0) is 20.4. The van der Waals surface area contributed by atoms with E-state index >= 15 is 0 Å². The van der Waals surface area contributed by atoms with Crippen LogP contribution >= 0.6 is 11.6 Å². The number of ether oxygens (including phenoxy) is 1. The maximum atomic E-state index is 12.4. The maximum absolute atomic E-state index is 12.4. The molecule has 2 N–H and O–H groups in total. The van der Waals surface area contributed by atoms with Crippen molar-refractivity contribution in [2.75, 3.05) is 0 Å². The fourth-order valence-electron chi connectivity index (χ4n) is 2.89. The van der Waals surface area contributed by atoms with Crippen LogP contribution in [0.15, 0.2) is 42.5 Å². The second-order valence-electron chi connectivity index (χ2n) is 6.53. The normalized spacial score (nSPS) is 10.7. The van der Waals surface area contributed by atoms with Crippen LogP contribution in [0.1, 0.15) is 32.9 Å². The number of amides is 1. The minimum Gasteiger partial charge on any atom is -0.426 e. The molecule has 0 unspecified atom stereocenters. The van der Waals surface area contributed by atoms with Crippen molar-refractivity contribution in [1.82, 2.24) is 9.78 Å². The third-order valence-electron chi connectivity index (χ3n) is 4.53. The average molecular weight is 398 g/mol. The SMILES string of the molecule is Cc1ccc(-n2nc(C)c(CC(=O)Oc3ccc(C(N)=O)cc3)c2C)cc1Cl. The van der Waals surface area contributed by atoms with E-state index in [4.69, 9.17) is 22.1 Å². The Balaban J connectivity index is 1.78. The van der Waals surface area contributed by atoms with Crippen LogP contribution < -0.4 is 10.5 Å². The second-order valence-corrected chi connectivity index (χ2v) is 6.94. The Kier molecular flexibility index (Phi) is 5.51. The van der Waals surface area contributed by atoms with Crippen LogP contribution in [0.3, 0.4) is 0 Å². The molecule has 1 heterocycles. The van der Waals surface area contributed by atoms with Gasteiger partial charge in [-0.25, -0.2) is 4.68 Å². The van der Waals surface area contributed by atoms with Gasteiger partial charge in [0.15, 0.2) is 0 Å². The summed E-state index contributed by atoms with van der Waals surface area (Å²) in [5, 5.41) is 5.20. The van der Waals surface area contributed by atoms with Gasteiger partial charge in [-0.3, -0.25) is 9.59 Å². The number of aromatic nitrogens is 2. The zero-order valence-corrected chi connectivity index (χ0v) is 16.6. The van der Waals surface area contributed by atoms with Crippen molar-refractivity contribution in [2.45, 2.75) is 27.2 Å². The number of halogens is 1. The number of aryl methyl sites for hydroxylation is 2. The van der Waals surface area contributed by atoms with Crippen LogP contribution in [-0.2, 0) is 11.2 Å². The third kappa shape index (κ3) is 4.07. The first-order valence-corrected chi connectivity index (χ1v) is 9.06. The Morgan fingerprint density at radius 1 is 1.11 bits per heavy atom.